The van der Waals surface area contributed by atoms with Crippen LogP contribution in [0.3, 0.4) is 0 Å². The Morgan fingerprint density at radius 2 is 2.60 bits per heavy atom. The molecule has 15 heavy (non-hydrogen) atoms. The van der Waals surface area contributed by atoms with E-state index < -0.39 is 0 Å². The van der Waals surface area contributed by atoms with Gasteiger partial charge in [-0.1, -0.05) is 0 Å². The molecular weight excluding hydrogens is 208 g/mol. The zero-order chi connectivity index (χ0) is 10.5. The molecule has 0 amide bonds. The monoisotopic (exact) mass is 222 g/mol. The number of hydrogen-bond acceptors (Lipinski definition) is 4. The van der Waals surface area contributed by atoms with Crippen LogP contribution < -0.4 is 5.32 Å². The van der Waals surface area contributed by atoms with Gasteiger partial charge in [0, 0.05) is 30.0 Å². The molecule has 1 saturated heterocycles. The van der Waals surface area contributed by atoms with Crippen LogP contribution in [0.5, 0.6) is 0 Å². The van der Waals surface area contributed by atoms with Crippen LogP contribution in [0.25, 0.3) is 0 Å². The minimum Gasteiger partial charge on any atom is -0.381 e. The number of nitrogens with one attached hydrogen (secondary N) is 1. The first-order chi connectivity index (χ1) is 7.38. The van der Waals surface area contributed by atoms with E-state index in [4.69, 9.17) is 10.00 Å². The zero-order valence-electron chi connectivity index (χ0n) is 8.53. The van der Waals surface area contributed by atoms with Gasteiger partial charge in [0.2, 0.25) is 0 Å². The number of nitrogens with zero attached hydrogens (tertiary/aromatic N) is 1. The van der Waals surface area contributed by atoms with Crippen LogP contribution in [0.4, 0.5) is 0 Å². The largest absolute Gasteiger partial charge is 0.381 e. The predicted molar refractivity (Wildman–Crippen MR) is 59.7 cm³/mol. The quantitative estimate of drug-likeness (QED) is 0.844. The van der Waals surface area contributed by atoms with Gasteiger partial charge < -0.3 is 10.1 Å². The topological polar surface area (TPSA) is 45.0 Å². The number of rotatable bonds is 4. The van der Waals surface area contributed by atoms with Gasteiger partial charge in [-0.15, -0.1) is 11.3 Å². The summed E-state index contributed by atoms with van der Waals surface area (Å²) in [5.74, 6) is 0.667. The average Bonchev–Trinajstić information content (AvgIpc) is 2.88. The highest BCUT2D eigenvalue weighted by Crippen LogP contribution is 2.14. The van der Waals surface area contributed by atoms with Crippen LogP contribution in [0.2, 0.25) is 0 Å². The van der Waals surface area contributed by atoms with Gasteiger partial charge in [0.05, 0.1) is 12.2 Å². The van der Waals surface area contributed by atoms with Crippen molar-refractivity contribution >= 4 is 11.3 Å². The molecule has 0 radical (unpaired) electrons. The van der Waals surface area contributed by atoms with E-state index in [0.717, 1.165) is 31.9 Å². The maximum Gasteiger partial charge on any atom is 0.100 e. The number of thiophene rings is 1. The van der Waals surface area contributed by atoms with Crippen molar-refractivity contribution in [2.45, 2.75) is 13.0 Å². The molecule has 1 aromatic heterocycles. The van der Waals surface area contributed by atoms with Crippen LogP contribution >= 0.6 is 11.3 Å². The zero-order valence-corrected chi connectivity index (χ0v) is 9.35. The molecule has 1 fully saturated rings. The summed E-state index contributed by atoms with van der Waals surface area (Å²) < 4.78 is 5.30. The Hall–Kier alpha value is -0.890. The fourth-order valence-corrected chi connectivity index (χ4v) is 2.46. The highest BCUT2D eigenvalue weighted by Gasteiger charge is 2.14. The number of nitriles is 1. The Morgan fingerprint density at radius 1 is 1.67 bits per heavy atom. The normalized spacial score (nSPS) is 20.3. The summed E-state index contributed by atoms with van der Waals surface area (Å²) in [4.78, 5) is 1.23. The van der Waals surface area contributed by atoms with Gasteiger partial charge in [-0.25, -0.2) is 0 Å². The molecular formula is C11H14N2OS. The van der Waals surface area contributed by atoms with E-state index in [9.17, 15) is 0 Å². The van der Waals surface area contributed by atoms with Crippen molar-refractivity contribution < 1.29 is 4.74 Å². The molecule has 0 aliphatic carbocycles. The lowest BCUT2D eigenvalue weighted by Crippen LogP contribution is -2.22. The van der Waals surface area contributed by atoms with E-state index >= 15 is 0 Å². The predicted octanol–water partition coefficient (Wildman–Crippen LogP) is 1.75. The van der Waals surface area contributed by atoms with Crippen LogP contribution in [-0.2, 0) is 11.3 Å². The van der Waals surface area contributed by atoms with Crippen LogP contribution in [-0.4, -0.2) is 19.8 Å². The summed E-state index contributed by atoms with van der Waals surface area (Å²) in [6.07, 6.45) is 1.17. The van der Waals surface area contributed by atoms with Crippen molar-refractivity contribution in [2.24, 2.45) is 5.92 Å². The third-order valence-corrected chi connectivity index (χ3v) is 3.48. The molecule has 1 aromatic rings. The van der Waals surface area contributed by atoms with E-state index in [-0.39, 0.29) is 0 Å². The molecule has 2 rings (SSSR count). The molecule has 1 aliphatic rings. The fraction of sp³-hybridized carbons (Fsp3) is 0.545. The van der Waals surface area contributed by atoms with E-state index in [2.05, 4.69) is 11.4 Å². The summed E-state index contributed by atoms with van der Waals surface area (Å²) in [5.41, 5.74) is 0.765. The summed E-state index contributed by atoms with van der Waals surface area (Å²) in [5, 5.41) is 14.0. The highest BCUT2D eigenvalue weighted by atomic mass is 32.1. The second-order valence-electron chi connectivity index (χ2n) is 3.77. The molecule has 0 bridgehead atoms. The smallest absolute Gasteiger partial charge is 0.100 e. The van der Waals surface area contributed by atoms with Gasteiger partial charge >= 0.3 is 0 Å². The lowest BCUT2D eigenvalue weighted by Gasteiger charge is -2.07. The van der Waals surface area contributed by atoms with Crippen molar-refractivity contribution in [3.8, 4) is 6.07 Å². The van der Waals surface area contributed by atoms with Crippen LogP contribution in [0, 0.1) is 17.2 Å². The Balaban J connectivity index is 1.71. The minimum atomic E-state index is 0.667. The molecule has 0 saturated carbocycles. The standard InChI is InChI=1S/C11H14N2OS/c12-4-10-3-11(15-8-10)6-13-5-9-1-2-14-7-9/h3,8-9,13H,1-2,5-7H2. The first-order valence-electron chi connectivity index (χ1n) is 5.14. The summed E-state index contributed by atoms with van der Waals surface area (Å²) in [7, 11) is 0. The molecule has 80 valence electrons. The van der Waals surface area contributed by atoms with Gasteiger partial charge in [-0.3, -0.25) is 0 Å². The second-order valence-corrected chi connectivity index (χ2v) is 4.77. The molecule has 3 nitrogen and oxygen atoms in total. The minimum absolute atomic E-state index is 0.667. The Kier molecular flexibility index (Phi) is 3.73. The van der Waals surface area contributed by atoms with E-state index in [0.29, 0.717) is 5.92 Å². The number of ether oxygens (including phenoxy) is 1. The Bertz CT molecular complexity index is 350. The first-order valence-corrected chi connectivity index (χ1v) is 6.02. The van der Waals surface area contributed by atoms with Crippen molar-refractivity contribution in [3.05, 3.63) is 21.9 Å². The third kappa shape index (κ3) is 3.03. The van der Waals surface area contributed by atoms with E-state index in [1.807, 2.05) is 11.4 Å². The number of hydrogen-bond donors (Lipinski definition) is 1. The van der Waals surface area contributed by atoms with Gasteiger partial charge in [0.15, 0.2) is 0 Å². The highest BCUT2D eigenvalue weighted by molar-refractivity contribution is 7.10. The fourth-order valence-electron chi connectivity index (χ4n) is 1.68. The Morgan fingerprint density at radius 3 is 3.27 bits per heavy atom. The molecule has 0 aromatic carbocycles. The molecule has 4 heteroatoms. The Labute approximate surface area is 93.7 Å². The van der Waals surface area contributed by atoms with Crippen LogP contribution in [0.15, 0.2) is 11.4 Å². The third-order valence-electron chi connectivity index (χ3n) is 2.54. The summed E-state index contributed by atoms with van der Waals surface area (Å²) in [6, 6.07) is 4.09. The maximum absolute atomic E-state index is 8.67. The van der Waals surface area contributed by atoms with Gasteiger partial charge in [-0.05, 0) is 18.4 Å². The van der Waals surface area contributed by atoms with E-state index in [1.165, 1.54) is 11.3 Å². The van der Waals surface area contributed by atoms with Crippen LogP contribution in [0.1, 0.15) is 16.9 Å². The van der Waals surface area contributed by atoms with Gasteiger partial charge in [0.25, 0.3) is 0 Å². The molecule has 1 N–H and O–H groups in total. The van der Waals surface area contributed by atoms with Crippen molar-refractivity contribution in [3.63, 3.8) is 0 Å². The van der Waals surface area contributed by atoms with Crippen molar-refractivity contribution in [2.75, 3.05) is 19.8 Å². The summed E-state index contributed by atoms with van der Waals surface area (Å²) in [6.45, 7) is 3.67. The second kappa shape index (κ2) is 5.26. The molecule has 1 aliphatic heterocycles. The first kappa shape index (κ1) is 10.6. The SMILES string of the molecule is N#Cc1csc(CNCC2CCOC2)c1. The van der Waals surface area contributed by atoms with Crippen molar-refractivity contribution in [1.29, 1.82) is 5.26 Å². The van der Waals surface area contributed by atoms with Gasteiger partial charge in [0.1, 0.15) is 6.07 Å². The molecule has 1 atom stereocenters. The summed E-state index contributed by atoms with van der Waals surface area (Å²) >= 11 is 1.64. The van der Waals surface area contributed by atoms with Crippen molar-refractivity contribution in [1.82, 2.24) is 5.32 Å². The molecule has 1 unspecified atom stereocenters. The molecule has 0 spiro atoms. The maximum atomic E-state index is 8.67. The molecule has 2 heterocycles. The lowest BCUT2D eigenvalue weighted by atomic mass is 10.1. The average molecular weight is 222 g/mol. The van der Waals surface area contributed by atoms with E-state index in [1.54, 1.807) is 11.3 Å². The van der Waals surface area contributed by atoms with Gasteiger partial charge in [-0.2, -0.15) is 5.26 Å². The lowest BCUT2D eigenvalue weighted by molar-refractivity contribution is 0.185.